The molecule has 3 aromatic rings. The lowest BCUT2D eigenvalue weighted by atomic mass is 10.0. The quantitative estimate of drug-likeness (QED) is 0.632. The number of nitrogens with one attached hydrogen (secondary N) is 2. The van der Waals surface area contributed by atoms with Crippen LogP contribution in [0.25, 0.3) is 11.3 Å². The van der Waals surface area contributed by atoms with Crippen LogP contribution in [0.15, 0.2) is 54.6 Å². The van der Waals surface area contributed by atoms with Gasteiger partial charge in [-0.2, -0.15) is 13.2 Å². The molecule has 6 nitrogen and oxygen atoms in total. The van der Waals surface area contributed by atoms with Crippen LogP contribution in [0.4, 0.5) is 19.0 Å². The zero-order valence-electron chi connectivity index (χ0n) is 16.6. The third-order valence-corrected chi connectivity index (χ3v) is 4.94. The number of hydrogen-bond donors (Lipinski definition) is 2. The van der Waals surface area contributed by atoms with E-state index in [4.69, 9.17) is 9.47 Å². The van der Waals surface area contributed by atoms with Crippen LogP contribution in [-0.4, -0.2) is 25.1 Å². The van der Waals surface area contributed by atoms with Gasteiger partial charge in [-0.25, -0.2) is 4.98 Å². The Bertz CT molecular complexity index is 1110. The van der Waals surface area contributed by atoms with Gasteiger partial charge >= 0.3 is 6.18 Å². The second-order valence-corrected chi connectivity index (χ2v) is 6.83. The smallest absolute Gasteiger partial charge is 0.417 e. The Morgan fingerprint density at radius 1 is 0.903 bits per heavy atom. The molecule has 0 saturated carbocycles. The average molecular weight is 429 g/mol. The lowest BCUT2D eigenvalue weighted by Crippen LogP contribution is -2.40. The van der Waals surface area contributed by atoms with Crippen molar-refractivity contribution < 1.29 is 27.4 Å². The van der Waals surface area contributed by atoms with Crippen LogP contribution in [0.5, 0.6) is 11.5 Å². The van der Waals surface area contributed by atoms with Crippen molar-refractivity contribution in [3.05, 3.63) is 71.3 Å². The van der Waals surface area contributed by atoms with Crippen LogP contribution >= 0.6 is 0 Å². The number of amides is 1. The summed E-state index contributed by atoms with van der Waals surface area (Å²) in [6.07, 6.45) is -5.48. The van der Waals surface area contributed by atoms with Crippen LogP contribution in [0, 0.1) is 0 Å². The predicted octanol–water partition coefficient (Wildman–Crippen LogP) is 4.64. The van der Waals surface area contributed by atoms with E-state index < -0.39 is 29.4 Å². The zero-order valence-corrected chi connectivity index (χ0v) is 16.6. The van der Waals surface area contributed by atoms with E-state index >= 15 is 0 Å². The van der Waals surface area contributed by atoms with Crippen molar-refractivity contribution in [3.63, 3.8) is 0 Å². The maximum Gasteiger partial charge on any atom is 0.417 e. The largest absolute Gasteiger partial charge is 0.497 e. The Hall–Kier alpha value is -3.75. The summed E-state index contributed by atoms with van der Waals surface area (Å²) in [5.74, 6) is 0.196. The third-order valence-electron chi connectivity index (χ3n) is 4.94. The minimum atomic E-state index is -4.74. The van der Waals surface area contributed by atoms with Gasteiger partial charge in [0.15, 0.2) is 0 Å². The summed E-state index contributed by atoms with van der Waals surface area (Å²) in [5.41, 5.74) is -0.395. The van der Waals surface area contributed by atoms with Gasteiger partial charge in [0.25, 0.3) is 5.91 Å². The second-order valence-electron chi connectivity index (χ2n) is 6.83. The summed E-state index contributed by atoms with van der Waals surface area (Å²) in [4.78, 5) is 17.0. The number of methoxy groups -OCH3 is 2. The van der Waals surface area contributed by atoms with Crippen LogP contribution in [-0.2, 0) is 6.18 Å². The van der Waals surface area contributed by atoms with E-state index in [0.29, 0.717) is 22.6 Å². The number of fused-ring (bicyclic) bond motifs is 1. The van der Waals surface area contributed by atoms with Gasteiger partial charge in [0, 0.05) is 5.56 Å². The van der Waals surface area contributed by atoms with Crippen LogP contribution in [0.1, 0.15) is 27.7 Å². The van der Waals surface area contributed by atoms with E-state index in [2.05, 4.69) is 15.6 Å². The van der Waals surface area contributed by atoms with Crippen LogP contribution < -0.4 is 20.1 Å². The highest BCUT2D eigenvalue weighted by atomic mass is 19.4. The second kappa shape index (κ2) is 7.82. The van der Waals surface area contributed by atoms with E-state index in [1.54, 1.807) is 48.5 Å². The Morgan fingerprint density at radius 2 is 1.48 bits per heavy atom. The van der Waals surface area contributed by atoms with Gasteiger partial charge in [-0.3, -0.25) is 4.79 Å². The first-order chi connectivity index (χ1) is 14.8. The minimum Gasteiger partial charge on any atom is -0.497 e. The van der Waals surface area contributed by atoms with E-state index in [1.807, 2.05) is 0 Å². The lowest BCUT2D eigenvalue weighted by Gasteiger charge is -2.29. The first-order valence-corrected chi connectivity index (χ1v) is 9.28. The number of halogens is 3. The number of nitrogens with zero attached hydrogens (tertiary/aromatic N) is 1. The number of anilines is 1. The van der Waals surface area contributed by atoms with Crippen molar-refractivity contribution >= 4 is 11.7 Å². The molecule has 1 aliphatic heterocycles. The summed E-state index contributed by atoms with van der Waals surface area (Å²) < 4.78 is 51.6. The fourth-order valence-electron chi connectivity index (χ4n) is 3.35. The molecule has 4 rings (SSSR count). The Balaban J connectivity index is 1.79. The molecule has 2 heterocycles. The molecule has 1 atom stereocenters. The van der Waals surface area contributed by atoms with Gasteiger partial charge in [0.1, 0.15) is 23.5 Å². The van der Waals surface area contributed by atoms with Crippen molar-refractivity contribution in [1.82, 2.24) is 10.3 Å². The average Bonchev–Trinajstić information content (AvgIpc) is 2.77. The van der Waals surface area contributed by atoms with Crippen molar-refractivity contribution in [1.29, 1.82) is 0 Å². The van der Waals surface area contributed by atoms with Crippen LogP contribution in [0.3, 0.4) is 0 Å². The number of hydrogen-bond acceptors (Lipinski definition) is 5. The SMILES string of the molecule is COc1ccc(-c2cc(C(F)(F)F)c3c(n2)NC(c2ccc(OC)cc2)NC3=O)cc1. The number of aromatic nitrogens is 1. The molecule has 0 spiro atoms. The summed E-state index contributed by atoms with van der Waals surface area (Å²) in [6.45, 7) is 0. The Morgan fingerprint density at radius 3 is 2.03 bits per heavy atom. The number of ether oxygens (including phenoxy) is 2. The summed E-state index contributed by atoms with van der Waals surface area (Å²) >= 11 is 0. The molecule has 1 aromatic heterocycles. The molecular formula is C22H18F3N3O3. The summed E-state index contributed by atoms with van der Waals surface area (Å²) in [7, 11) is 3.02. The van der Waals surface area contributed by atoms with Crippen molar-refractivity contribution in [3.8, 4) is 22.8 Å². The Labute approximate surface area is 176 Å². The van der Waals surface area contributed by atoms with Gasteiger partial charge < -0.3 is 20.1 Å². The Kier molecular flexibility index (Phi) is 5.18. The number of rotatable bonds is 4. The fourth-order valence-corrected chi connectivity index (χ4v) is 3.35. The van der Waals surface area contributed by atoms with Gasteiger partial charge in [0.2, 0.25) is 0 Å². The standard InChI is InChI=1S/C22H18F3N3O3/c1-30-14-7-3-12(4-8-14)17-11-16(22(23,24)25)18-20(26-17)27-19(28-21(18)29)13-5-9-15(31-2)10-6-13/h3-11,19H,1-2H3,(H,26,27)(H,28,29). The summed E-state index contributed by atoms with van der Waals surface area (Å²) in [5, 5.41) is 5.48. The van der Waals surface area contributed by atoms with Gasteiger partial charge in [-0.15, -0.1) is 0 Å². The molecule has 9 heteroatoms. The first-order valence-electron chi connectivity index (χ1n) is 9.28. The molecule has 0 fully saturated rings. The van der Waals surface area contributed by atoms with Crippen molar-refractivity contribution in [2.75, 3.05) is 19.5 Å². The highest BCUT2D eigenvalue weighted by molar-refractivity contribution is 6.03. The first kappa shape index (κ1) is 20.5. The molecule has 1 amide bonds. The number of benzene rings is 2. The molecule has 0 radical (unpaired) electrons. The lowest BCUT2D eigenvalue weighted by molar-refractivity contribution is -0.137. The van der Waals surface area contributed by atoms with E-state index in [-0.39, 0.29) is 11.5 Å². The molecular weight excluding hydrogens is 411 g/mol. The third kappa shape index (κ3) is 3.98. The fraction of sp³-hybridized carbons (Fsp3) is 0.182. The predicted molar refractivity (Wildman–Crippen MR) is 108 cm³/mol. The molecule has 0 bridgehead atoms. The van der Waals surface area contributed by atoms with E-state index in [0.717, 1.165) is 6.07 Å². The van der Waals surface area contributed by atoms with E-state index in [1.165, 1.54) is 14.2 Å². The highest BCUT2D eigenvalue weighted by Gasteiger charge is 2.40. The molecule has 1 aliphatic rings. The van der Waals surface area contributed by atoms with E-state index in [9.17, 15) is 18.0 Å². The number of carbonyl (C=O) groups is 1. The van der Waals surface area contributed by atoms with Gasteiger partial charge in [0.05, 0.1) is 31.0 Å². The number of alkyl halides is 3. The summed E-state index contributed by atoms with van der Waals surface area (Å²) in [6, 6.07) is 14.2. The molecule has 2 N–H and O–H groups in total. The number of pyridine rings is 1. The molecule has 31 heavy (non-hydrogen) atoms. The van der Waals surface area contributed by atoms with Crippen molar-refractivity contribution in [2.24, 2.45) is 0 Å². The zero-order chi connectivity index (χ0) is 22.2. The monoisotopic (exact) mass is 429 g/mol. The van der Waals surface area contributed by atoms with Gasteiger partial charge in [-0.05, 0) is 48.0 Å². The normalized spacial score (nSPS) is 15.5. The van der Waals surface area contributed by atoms with Crippen LogP contribution in [0.2, 0.25) is 0 Å². The van der Waals surface area contributed by atoms with Crippen molar-refractivity contribution in [2.45, 2.75) is 12.3 Å². The molecule has 2 aromatic carbocycles. The van der Waals surface area contributed by atoms with Gasteiger partial charge in [-0.1, -0.05) is 12.1 Å². The number of carbonyl (C=O) groups excluding carboxylic acids is 1. The minimum absolute atomic E-state index is 0.0874. The topological polar surface area (TPSA) is 72.5 Å². The molecule has 0 saturated heterocycles. The molecule has 0 aliphatic carbocycles. The molecule has 1 unspecified atom stereocenters. The maximum absolute atomic E-state index is 13.8. The highest BCUT2D eigenvalue weighted by Crippen LogP contribution is 2.39. The molecule has 160 valence electrons. The maximum atomic E-state index is 13.8.